The maximum Gasteiger partial charge on any atom is 0.125 e. The monoisotopic (exact) mass is 230 g/mol. The first-order valence-electron chi connectivity index (χ1n) is 5.00. The number of anilines is 1. The van der Waals surface area contributed by atoms with Gasteiger partial charge in [0, 0.05) is 17.8 Å². The Morgan fingerprint density at radius 2 is 2.25 bits per heavy atom. The normalized spacial score (nSPS) is 10.8. The number of imidazole rings is 1. The summed E-state index contributed by atoms with van der Waals surface area (Å²) < 4.78 is 4.37. The summed E-state index contributed by atoms with van der Waals surface area (Å²) in [6, 6.07) is 8.11. The van der Waals surface area contributed by atoms with E-state index in [0.717, 1.165) is 16.3 Å². The highest BCUT2D eigenvalue weighted by atomic mass is 32.1. The van der Waals surface area contributed by atoms with Crippen molar-refractivity contribution in [2.75, 3.05) is 5.32 Å². The number of aromatic nitrogens is 3. The van der Waals surface area contributed by atoms with Gasteiger partial charge in [0.15, 0.2) is 0 Å². The second kappa shape index (κ2) is 3.94. The topological polar surface area (TPSA) is 53.6 Å². The average Bonchev–Trinajstić information content (AvgIpc) is 2.96. The minimum atomic E-state index is 0.694. The van der Waals surface area contributed by atoms with Gasteiger partial charge in [-0.3, -0.25) is 0 Å². The molecule has 0 spiro atoms. The zero-order valence-electron chi connectivity index (χ0n) is 8.47. The summed E-state index contributed by atoms with van der Waals surface area (Å²) in [7, 11) is 0. The van der Waals surface area contributed by atoms with Gasteiger partial charge in [-0.25, -0.2) is 4.98 Å². The lowest BCUT2D eigenvalue weighted by Crippen LogP contribution is -1.99. The first kappa shape index (κ1) is 9.35. The number of benzene rings is 1. The molecule has 16 heavy (non-hydrogen) atoms. The maximum absolute atomic E-state index is 4.37. The number of rotatable bonds is 3. The molecule has 3 aromatic rings. The molecular weight excluding hydrogens is 220 g/mol. The van der Waals surface area contributed by atoms with E-state index in [4.69, 9.17) is 0 Å². The predicted octanol–water partition coefficient (Wildman–Crippen LogP) is 2.63. The molecule has 0 aliphatic carbocycles. The molecular formula is C11H10N4S. The van der Waals surface area contributed by atoms with Crippen LogP contribution in [0.2, 0.25) is 0 Å². The van der Waals surface area contributed by atoms with Crippen LogP contribution in [-0.2, 0) is 6.54 Å². The highest BCUT2D eigenvalue weighted by Gasteiger charge is 2.04. The van der Waals surface area contributed by atoms with Gasteiger partial charge in [-0.05, 0) is 23.7 Å². The Kier molecular flexibility index (Phi) is 2.30. The van der Waals surface area contributed by atoms with Gasteiger partial charge in [0.1, 0.15) is 10.8 Å². The third-order valence-corrected chi connectivity index (χ3v) is 3.19. The van der Waals surface area contributed by atoms with E-state index in [1.54, 1.807) is 6.20 Å². The van der Waals surface area contributed by atoms with Crippen molar-refractivity contribution in [3.63, 3.8) is 0 Å². The van der Waals surface area contributed by atoms with E-state index in [1.165, 1.54) is 16.9 Å². The van der Waals surface area contributed by atoms with Crippen LogP contribution < -0.4 is 5.32 Å². The van der Waals surface area contributed by atoms with Crippen molar-refractivity contribution in [3.8, 4) is 0 Å². The van der Waals surface area contributed by atoms with Crippen molar-refractivity contribution >= 4 is 27.4 Å². The molecule has 0 radical (unpaired) electrons. The number of hydrogen-bond donors (Lipinski definition) is 2. The van der Waals surface area contributed by atoms with Gasteiger partial charge in [-0.1, -0.05) is 12.1 Å². The Morgan fingerprint density at radius 3 is 3.12 bits per heavy atom. The largest absolute Gasteiger partial charge is 0.368 e. The van der Waals surface area contributed by atoms with Gasteiger partial charge in [-0.15, -0.1) is 0 Å². The molecule has 0 saturated carbocycles. The van der Waals surface area contributed by atoms with Crippen LogP contribution in [0.15, 0.2) is 36.7 Å². The number of nitrogens with one attached hydrogen (secondary N) is 2. The molecule has 5 heteroatoms. The first-order chi connectivity index (χ1) is 7.93. The summed E-state index contributed by atoms with van der Waals surface area (Å²) in [4.78, 5) is 7.22. The second-order valence-corrected chi connectivity index (χ2v) is 4.19. The summed E-state index contributed by atoms with van der Waals surface area (Å²) in [6.07, 6.45) is 3.57. The third-order valence-electron chi connectivity index (χ3n) is 2.36. The molecule has 0 aliphatic heterocycles. The highest BCUT2D eigenvalue weighted by molar-refractivity contribution is 7.11. The lowest BCUT2D eigenvalue weighted by Gasteiger charge is -2.00. The van der Waals surface area contributed by atoms with Crippen molar-refractivity contribution in [2.45, 2.75) is 6.54 Å². The molecule has 3 rings (SSSR count). The fraction of sp³-hybridized carbons (Fsp3) is 0.0909. The molecule has 0 saturated heterocycles. The number of H-pyrrole nitrogens is 1. The van der Waals surface area contributed by atoms with E-state index in [9.17, 15) is 0 Å². The van der Waals surface area contributed by atoms with Crippen LogP contribution >= 0.6 is 11.5 Å². The van der Waals surface area contributed by atoms with Gasteiger partial charge in [0.2, 0.25) is 0 Å². The molecule has 0 fully saturated rings. The van der Waals surface area contributed by atoms with E-state index >= 15 is 0 Å². The van der Waals surface area contributed by atoms with Crippen molar-refractivity contribution in [3.05, 3.63) is 42.5 Å². The van der Waals surface area contributed by atoms with Crippen LogP contribution in [0.25, 0.3) is 10.9 Å². The predicted molar refractivity (Wildman–Crippen MR) is 65.5 cm³/mol. The SMILES string of the molecule is c1ccc2c(NCc3ncc[nH]3)snc2c1. The maximum atomic E-state index is 4.37. The van der Waals surface area contributed by atoms with Crippen LogP contribution in [0.4, 0.5) is 5.00 Å². The van der Waals surface area contributed by atoms with Crippen molar-refractivity contribution in [2.24, 2.45) is 0 Å². The van der Waals surface area contributed by atoms with E-state index < -0.39 is 0 Å². The van der Waals surface area contributed by atoms with Crippen molar-refractivity contribution in [1.82, 2.24) is 14.3 Å². The Labute approximate surface area is 96.5 Å². The average molecular weight is 230 g/mol. The minimum absolute atomic E-state index is 0.694. The van der Waals surface area contributed by atoms with Crippen molar-refractivity contribution in [1.29, 1.82) is 0 Å². The number of hydrogen-bond acceptors (Lipinski definition) is 4. The van der Waals surface area contributed by atoms with E-state index in [2.05, 4.69) is 25.7 Å². The van der Waals surface area contributed by atoms with Crippen LogP contribution in [0.5, 0.6) is 0 Å². The quantitative estimate of drug-likeness (QED) is 0.727. The Hall–Kier alpha value is -1.88. The fourth-order valence-electron chi connectivity index (χ4n) is 1.58. The smallest absolute Gasteiger partial charge is 0.125 e. The Morgan fingerprint density at radius 1 is 1.31 bits per heavy atom. The minimum Gasteiger partial charge on any atom is -0.368 e. The van der Waals surface area contributed by atoms with E-state index in [1.807, 2.05) is 24.4 Å². The number of nitrogens with zero attached hydrogens (tertiary/aromatic N) is 2. The molecule has 0 atom stereocenters. The molecule has 0 aliphatic rings. The highest BCUT2D eigenvalue weighted by Crippen LogP contribution is 2.27. The second-order valence-electron chi connectivity index (χ2n) is 3.42. The molecule has 0 unspecified atom stereocenters. The van der Waals surface area contributed by atoms with E-state index in [-0.39, 0.29) is 0 Å². The molecule has 0 bridgehead atoms. The standard InChI is InChI=1S/C11H10N4S/c1-2-4-9-8(3-1)11(16-15-9)14-7-10-12-5-6-13-10/h1-6,14H,7H2,(H,12,13). The summed E-state index contributed by atoms with van der Waals surface area (Å²) >= 11 is 1.48. The van der Waals surface area contributed by atoms with Crippen LogP contribution in [0, 0.1) is 0 Å². The van der Waals surface area contributed by atoms with Gasteiger partial charge in [0.05, 0.1) is 12.1 Å². The van der Waals surface area contributed by atoms with Gasteiger partial charge >= 0.3 is 0 Å². The molecule has 1 aromatic carbocycles. The number of fused-ring (bicyclic) bond motifs is 1. The van der Waals surface area contributed by atoms with Gasteiger partial charge in [0.25, 0.3) is 0 Å². The summed E-state index contributed by atoms with van der Waals surface area (Å²) in [5, 5.41) is 5.59. The van der Waals surface area contributed by atoms with E-state index in [0.29, 0.717) is 6.54 Å². The fourth-order valence-corrected chi connectivity index (χ4v) is 2.33. The third kappa shape index (κ3) is 1.65. The molecule has 80 valence electrons. The molecule has 0 amide bonds. The first-order valence-corrected chi connectivity index (χ1v) is 5.77. The lowest BCUT2D eigenvalue weighted by molar-refractivity contribution is 1.01. The van der Waals surface area contributed by atoms with Crippen LogP contribution in [-0.4, -0.2) is 14.3 Å². The molecule has 2 heterocycles. The van der Waals surface area contributed by atoms with Gasteiger partial charge < -0.3 is 10.3 Å². The molecule has 4 nitrogen and oxygen atoms in total. The lowest BCUT2D eigenvalue weighted by atomic mass is 10.2. The summed E-state index contributed by atoms with van der Waals surface area (Å²) in [5.41, 5.74) is 1.04. The Balaban J connectivity index is 1.84. The van der Waals surface area contributed by atoms with Crippen LogP contribution in [0.1, 0.15) is 5.82 Å². The number of aromatic amines is 1. The molecule has 2 N–H and O–H groups in total. The van der Waals surface area contributed by atoms with Crippen LogP contribution in [0.3, 0.4) is 0 Å². The van der Waals surface area contributed by atoms with Gasteiger partial charge in [-0.2, -0.15) is 4.37 Å². The zero-order valence-corrected chi connectivity index (χ0v) is 9.29. The summed E-state index contributed by atoms with van der Waals surface area (Å²) in [6.45, 7) is 0.694. The molecule has 2 aromatic heterocycles. The summed E-state index contributed by atoms with van der Waals surface area (Å²) in [5.74, 6) is 0.928. The van der Waals surface area contributed by atoms with Crippen molar-refractivity contribution < 1.29 is 0 Å². The zero-order chi connectivity index (χ0) is 10.8. The Bertz CT molecular complexity index is 585.